The predicted molar refractivity (Wildman–Crippen MR) is 76.8 cm³/mol. The molecule has 2 aromatic rings. The molecule has 20 heavy (non-hydrogen) atoms. The third-order valence-electron chi connectivity index (χ3n) is 3.96. The molecule has 1 aliphatic carbocycles. The number of carboxylic acid groups (broad SMARTS) is 1. The second-order valence-corrected chi connectivity index (χ2v) is 5.29. The number of aliphatic hydroxyl groups excluding tert-OH is 1. The van der Waals surface area contributed by atoms with Crippen LogP contribution >= 0.6 is 0 Å². The molecule has 1 fully saturated rings. The van der Waals surface area contributed by atoms with Gasteiger partial charge in [-0.25, -0.2) is 4.79 Å². The number of benzene rings is 2. The van der Waals surface area contributed by atoms with Crippen LogP contribution in [0.3, 0.4) is 0 Å². The van der Waals surface area contributed by atoms with Crippen molar-refractivity contribution in [2.24, 2.45) is 5.92 Å². The van der Waals surface area contributed by atoms with Crippen molar-refractivity contribution in [1.82, 2.24) is 0 Å². The van der Waals surface area contributed by atoms with Crippen molar-refractivity contribution in [3.05, 3.63) is 59.7 Å². The van der Waals surface area contributed by atoms with E-state index in [1.54, 1.807) is 12.1 Å². The lowest BCUT2D eigenvalue weighted by atomic mass is 10.0. The SMILES string of the molecule is O=C(O)c1ccc(-c2ccc(C3CC3CO)cc2)cc1. The molecular formula is C17H16O3. The molecule has 2 unspecified atom stereocenters. The summed E-state index contributed by atoms with van der Waals surface area (Å²) in [4.78, 5) is 10.8. The summed E-state index contributed by atoms with van der Waals surface area (Å²) in [5.41, 5.74) is 3.66. The smallest absolute Gasteiger partial charge is 0.335 e. The fourth-order valence-corrected chi connectivity index (χ4v) is 2.59. The monoisotopic (exact) mass is 268 g/mol. The molecule has 1 aliphatic rings. The molecule has 0 saturated heterocycles. The van der Waals surface area contributed by atoms with E-state index in [9.17, 15) is 4.79 Å². The van der Waals surface area contributed by atoms with Crippen molar-refractivity contribution in [1.29, 1.82) is 0 Å². The molecule has 0 amide bonds. The number of carboxylic acids is 1. The standard InChI is InChI=1S/C17H16O3/c18-10-15-9-16(15)13-5-1-11(2-6-13)12-3-7-14(8-4-12)17(19)20/h1-8,15-16,18H,9-10H2,(H,19,20). The van der Waals surface area contributed by atoms with Crippen LogP contribution in [0.2, 0.25) is 0 Å². The maximum Gasteiger partial charge on any atom is 0.335 e. The average Bonchev–Trinajstić information content (AvgIpc) is 3.27. The molecule has 0 radical (unpaired) electrons. The van der Waals surface area contributed by atoms with Crippen LogP contribution in [0.4, 0.5) is 0 Å². The summed E-state index contributed by atoms with van der Waals surface area (Å²) in [5.74, 6) is 0.0230. The van der Waals surface area contributed by atoms with Crippen molar-refractivity contribution in [2.75, 3.05) is 6.61 Å². The van der Waals surface area contributed by atoms with Gasteiger partial charge in [-0.15, -0.1) is 0 Å². The first-order valence-electron chi connectivity index (χ1n) is 6.73. The molecule has 2 aromatic carbocycles. The number of carbonyl (C=O) groups is 1. The zero-order valence-corrected chi connectivity index (χ0v) is 11.0. The lowest BCUT2D eigenvalue weighted by Gasteiger charge is -2.05. The van der Waals surface area contributed by atoms with Crippen LogP contribution in [-0.4, -0.2) is 22.8 Å². The van der Waals surface area contributed by atoms with Gasteiger partial charge in [-0.05, 0) is 47.1 Å². The Morgan fingerprint density at radius 2 is 1.55 bits per heavy atom. The van der Waals surface area contributed by atoms with Gasteiger partial charge in [0.25, 0.3) is 0 Å². The molecule has 0 aromatic heterocycles. The molecule has 0 heterocycles. The van der Waals surface area contributed by atoms with Crippen LogP contribution in [0.15, 0.2) is 48.5 Å². The summed E-state index contributed by atoms with van der Waals surface area (Å²) in [6, 6.07) is 15.2. The summed E-state index contributed by atoms with van der Waals surface area (Å²) in [5, 5.41) is 18.0. The van der Waals surface area contributed by atoms with E-state index in [1.165, 1.54) is 5.56 Å². The first-order valence-corrected chi connectivity index (χ1v) is 6.73. The van der Waals surface area contributed by atoms with Crippen LogP contribution in [-0.2, 0) is 0 Å². The zero-order valence-electron chi connectivity index (χ0n) is 11.0. The van der Waals surface area contributed by atoms with Crippen molar-refractivity contribution in [2.45, 2.75) is 12.3 Å². The van der Waals surface area contributed by atoms with E-state index < -0.39 is 5.97 Å². The lowest BCUT2D eigenvalue weighted by molar-refractivity contribution is 0.0697. The van der Waals surface area contributed by atoms with Crippen LogP contribution < -0.4 is 0 Å². The van der Waals surface area contributed by atoms with Gasteiger partial charge in [0.15, 0.2) is 0 Å². The number of rotatable bonds is 4. The maximum atomic E-state index is 10.8. The van der Waals surface area contributed by atoms with Gasteiger partial charge in [-0.2, -0.15) is 0 Å². The Balaban J connectivity index is 1.79. The van der Waals surface area contributed by atoms with Gasteiger partial charge in [0.2, 0.25) is 0 Å². The van der Waals surface area contributed by atoms with E-state index in [2.05, 4.69) is 24.3 Å². The summed E-state index contributed by atoms with van der Waals surface area (Å²) < 4.78 is 0. The van der Waals surface area contributed by atoms with Gasteiger partial charge in [0, 0.05) is 6.61 Å². The molecule has 2 N–H and O–H groups in total. The normalized spacial score (nSPS) is 20.6. The van der Waals surface area contributed by atoms with Crippen molar-refractivity contribution in [3.63, 3.8) is 0 Å². The molecule has 0 spiro atoms. The van der Waals surface area contributed by atoms with E-state index in [-0.39, 0.29) is 6.61 Å². The molecule has 3 rings (SSSR count). The molecule has 3 heteroatoms. The van der Waals surface area contributed by atoms with Gasteiger partial charge in [-0.3, -0.25) is 0 Å². The van der Waals surface area contributed by atoms with E-state index in [0.29, 0.717) is 17.4 Å². The van der Waals surface area contributed by atoms with Gasteiger partial charge < -0.3 is 10.2 Å². The van der Waals surface area contributed by atoms with Crippen LogP contribution in [0.5, 0.6) is 0 Å². The molecule has 2 atom stereocenters. The minimum Gasteiger partial charge on any atom is -0.478 e. The van der Waals surface area contributed by atoms with Gasteiger partial charge in [-0.1, -0.05) is 36.4 Å². The predicted octanol–water partition coefficient (Wildman–Crippen LogP) is 3.15. The highest BCUT2D eigenvalue weighted by atomic mass is 16.4. The first kappa shape index (κ1) is 12.9. The van der Waals surface area contributed by atoms with E-state index >= 15 is 0 Å². The quantitative estimate of drug-likeness (QED) is 0.895. The molecule has 1 saturated carbocycles. The molecule has 3 nitrogen and oxygen atoms in total. The second-order valence-electron chi connectivity index (χ2n) is 5.29. The van der Waals surface area contributed by atoms with Crippen molar-refractivity contribution in [3.8, 4) is 11.1 Å². The summed E-state index contributed by atoms with van der Waals surface area (Å²) in [6.45, 7) is 0.267. The Morgan fingerprint density at radius 3 is 2.00 bits per heavy atom. The summed E-state index contributed by atoms with van der Waals surface area (Å²) >= 11 is 0. The van der Waals surface area contributed by atoms with Gasteiger partial charge in [0.1, 0.15) is 0 Å². The second kappa shape index (κ2) is 5.10. The van der Waals surface area contributed by atoms with Crippen LogP contribution in [0.25, 0.3) is 11.1 Å². The lowest BCUT2D eigenvalue weighted by Crippen LogP contribution is -1.95. The van der Waals surface area contributed by atoms with Crippen molar-refractivity contribution < 1.29 is 15.0 Å². The Morgan fingerprint density at radius 1 is 1.00 bits per heavy atom. The highest BCUT2D eigenvalue weighted by Crippen LogP contribution is 2.47. The Bertz CT molecular complexity index is 614. The molecule has 102 valence electrons. The summed E-state index contributed by atoms with van der Waals surface area (Å²) in [7, 11) is 0. The Labute approximate surface area is 117 Å². The van der Waals surface area contributed by atoms with E-state index in [1.807, 2.05) is 12.1 Å². The summed E-state index contributed by atoms with van der Waals surface area (Å²) in [6.07, 6.45) is 1.07. The average molecular weight is 268 g/mol. The van der Waals surface area contributed by atoms with Crippen LogP contribution in [0, 0.1) is 5.92 Å². The number of aromatic carboxylic acids is 1. The number of hydrogen-bond acceptors (Lipinski definition) is 2. The van der Waals surface area contributed by atoms with E-state index in [4.69, 9.17) is 10.2 Å². The number of hydrogen-bond donors (Lipinski definition) is 2. The van der Waals surface area contributed by atoms with Crippen molar-refractivity contribution >= 4 is 5.97 Å². The fourth-order valence-electron chi connectivity index (χ4n) is 2.59. The first-order chi connectivity index (χ1) is 9.69. The molecular weight excluding hydrogens is 252 g/mol. The van der Waals surface area contributed by atoms with E-state index in [0.717, 1.165) is 17.5 Å². The molecule has 0 bridgehead atoms. The fraction of sp³-hybridized carbons (Fsp3) is 0.235. The molecule has 0 aliphatic heterocycles. The zero-order chi connectivity index (χ0) is 14.1. The minimum absolute atomic E-state index is 0.267. The third-order valence-corrected chi connectivity index (χ3v) is 3.96. The Hall–Kier alpha value is -2.13. The van der Waals surface area contributed by atoms with Gasteiger partial charge >= 0.3 is 5.97 Å². The highest BCUT2D eigenvalue weighted by molar-refractivity contribution is 5.88. The number of aliphatic hydroxyl groups is 1. The maximum absolute atomic E-state index is 10.8. The topological polar surface area (TPSA) is 57.5 Å². The highest BCUT2D eigenvalue weighted by Gasteiger charge is 2.37. The third kappa shape index (κ3) is 2.45. The largest absolute Gasteiger partial charge is 0.478 e. The van der Waals surface area contributed by atoms with Crippen LogP contribution in [0.1, 0.15) is 28.3 Å². The van der Waals surface area contributed by atoms with Gasteiger partial charge in [0.05, 0.1) is 5.56 Å². The Kier molecular flexibility index (Phi) is 3.28. The minimum atomic E-state index is -0.907.